The fraction of sp³-hybridized carbons (Fsp3) is 0.889. The molecule has 0 unspecified atom stereocenters. The molecule has 0 radical (unpaired) electrons. The molecule has 1 amide bonds. The van der Waals surface area contributed by atoms with Crippen LogP contribution in [0, 0.1) is 5.41 Å². The Balaban J connectivity index is 2.02. The Bertz CT molecular complexity index is 212. The number of amides is 1. The highest BCUT2D eigenvalue weighted by atomic mass is 16.5. The second-order valence-electron chi connectivity index (χ2n) is 4.20. The Labute approximate surface area is 77.9 Å². The van der Waals surface area contributed by atoms with E-state index < -0.39 is 0 Å². The van der Waals surface area contributed by atoms with Gasteiger partial charge in [0.15, 0.2) is 0 Å². The maximum atomic E-state index is 11.1. The second kappa shape index (κ2) is 3.27. The van der Waals surface area contributed by atoms with Gasteiger partial charge in [-0.15, -0.1) is 0 Å². The highest BCUT2D eigenvalue weighted by molar-refractivity contribution is 5.75. The van der Waals surface area contributed by atoms with Crippen LogP contribution >= 0.6 is 0 Å². The molecule has 0 aliphatic carbocycles. The Morgan fingerprint density at radius 3 is 2.62 bits per heavy atom. The predicted octanol–water partition coefficient (Wildman–Crippen LogP) is 0.368. The third kappa shape index (κ3) is 1.69. The number of carbonyl (C=O) groups is 1. The molecular weight excluding hydrogens is 168 g/mol. The van der Waals surface area contributed by atoms with Crippen molar-refractivity contribution in [2.75, 3.05) is 19.6 Å². The number of hydrogen-bond donors (Lipinski definition) is 2. The maximum Gasteiger partial charge on any atom is 0.245 e. The third-order valence-corrected chi connectivity index (χ3v) is 3.31. The molecule has 2 heterocycles. The van der Waals surface area contributed by atoms with E-state index in [0.29, 0.717) is 13.0 Å². The Hall–Kier alpha value is -0.610. The average Bonchev–Trinajstić information content (AvgIpc) is 2.14. The molecule has 74 valence electrons. The van der Waals surface area contributed by atoms with Crippen molar-refractivity contribution in [2.24, 2.45) is 5.41 Å². The normalized spacial score (nSPS) is 28.1. The summed E-state index contributed by atoms with van der Waals surface area (Å²) in [5, 5.41) is 13.6. The summed E-state index contributed by atoms with van der Waals surface area (Å²) in [4.78, 5) is 11.1. The molecule has 0 saturated carbocycles. The summed E-state index contributed by atoms with van der Waals surface area (Å²) in [5.41, 5.74) is 0.202. The van der Waals surface area contributed by atoms with Crippen LogP contribution in [0.5, 0.6) is 0 Å². The van der Waals surface area contributed by atoms with Gasteiger partial charge in [0.25, 0.3) is 0 Å². The van der Waals surface area contributed by atoms with Gasteiger partial charge < -0.3 is 5.32 Å². The van der Waals surface area contributed by atoms with Crippen molar-refractivity contribution in [3.8, 4) is 0 Å². The number of nitrogens with zero attached hydrogens (tertiary/aromatic N) is 1. The summed E-state index contributed by atoms with van der Waals surface area (Å²) in [6.07, 6.45) is 3.62. The molecule has 2 fully saturated rings. The van der Waals surface area contributed by atoms with Crippen LogP contribution in [-0.4, -0.2) is 35.8 Å². The van der Waals surface area contributed by atoms with Crippen LogP contribution in [0.4, 0.5) is 0 Å². The van der Waals surface area contributed by atoms with Crippen LogP contribution in [0.25, 0.3) is 0 Å². The van der Waals surface area contributed by atoms with Gasteiger partial charge in [-0.1, -0.05) is 0 Å². The summed E-state index contributed by atoms with van der Waals surface area (Å²) in [5.74, 6) is -0.121. The molecular formula is C9H16N2O2. The van der Waals surface area contributed by atoms with E-state index in [1.807, 2.05) is 0 Å². The van der Waals surface area contributed by atoms with Crippen molar-refractivity contribution in [3.63, 3.8) is 0 Å². The Morgan fingerprint density at radius 2 is 2.00 bits per heavy atom. The summed E-state index contributed by atoms with van der Waals surface area (Å²) < 4.78 is 0. The van der Waals surface area contributed by atoms with E-state index in [9.17, 15) is 10.0 Å². The van der Waals surface area contributed by atoms with E-state index in [0.717, 1.165) is 37.4 Å². The molecule has 1 spiro atoms. The standard InChI is InChI=1S/C9H16N2O2/c12-8-1-2-9(7-11(8)13)3-5-10-6-4-9/h10,13H,1-7H2. The van der Waals surface area contributed by atoms with Crippen LogP contribution in [-0.2, 0) is 4.79 Å². The lowest BCUT2D eigenvalue weighted by atomic mass is 9.73. The lowest BCUT2D eigenvalue weighted by molar-refractivity contribution is -0.182. The number of carbonyl (C=O) groups excluding carboxylic acids is 1. The van der Waals surface area contributed by atoms with Gasteiger partial charge in [0, 0.05) is 6.42 Å². The summed E-state index contributed by atoms with van der Waals surface area (Å²) in [7, 11) is 0. The summed E-state index contributed by atoms with van der Waals surface area (Å²) in [6, 6.07) is 0. The zero-order valence-corrected chi connectivity index (χ0v) is 7.75. The lowest BCUT2D eigenvalue weighted by Crippen LogP contribution is -2.49. The van der Waals surface area contributed by atoms with Gasteiger partial charge in [0.1, 0.15) is 0 Å². The first-order chi connectivity index (χ1) is 6.22. The largest absolute Gasteiger partial charge is 0.317 e. The number of hydroxylamine groups is 2. The molecule has 2 aliphatic rings. The minimum Gasteiger partial charge on any atom is -0.317 e. The van der Waals surface area contributed by atoms with Gasteiger partial charge in [-0.2, -0.15) is 0 Å². The Kier molecular flexibility index (Phi) is 2.26. The van der Waals surface area contributed by atoms with Crippen molar-refractivity contribution in [2.45, 2.75) is 25.7 Å². The summed E-state index contributed by atoms with van der Waals surface area (Å²) in [6.45, 7) is 2.57. The SMILES string of the molecule is O=C1CCC2(CCNCC2)CN1O. The molecule has 0 aromatic heterocycles. The van der Waals surface area contributed by atoms with Crippen molar-refractivity contribution in [3.05, 3.63) is 0 Å². The van der Waals surface area contributed by atoms with Crippen molar-refractivity contribution >= 4 is 5.91 Å². The lowest BCUT2D eigenvalue weighted by Gasteiger charge is -2.42. The number of hydrogen-bond acceptors (Lipinski definition) is 3. The molecule has 2 N–H and O–H groups in total. The van der Waals surface area contributed by atoms with Gasteiger partial charge in [-0.25, -0.2) is 5.06 Å². The van der Waals surface area contributed by atoms with Gasteiger partial charge in [-0.05, 0) is 37.8 Å². The molecule has 2 rings (SSSR count). The van der Waals surface area contributed by atoms with Crippen LogP contribution in [0.15, 0.2) is 0 Å². The minimum absolute atomic E-state index is 0.121. The second-order valence-corrected chi connectivity index (χ2v) is 4.20. The molecule has 2 aliphatic heterocycles. The highest BCUT2D eigenvalue weighted by Gasteiger charge is 2.38. The highest BCUT2D eigenvalue weighted by Crippen LogP contribution is 2.37. The van der Waals surface area contributed by atoms with Crippen molar-refractivity contribution in [1.82, 2.24) is 10.4 Å². The van der Waals surface area contributed by atoms with E-state index in [4.69, 9.17) is 0 Å². The van der Waals surface area contributed by atoms with Crippen LogP contribution < -0.4 is 5.32 Å². The fourth-order valence-electron chi connectivity index (χ4n) is 2.35. The van der Waals surface area contributed by atoms with E-state index in [2.05, 4.69) is 5.32 Å². The molecule has 13 heavy (non-hydrogen) atoms. The molecule has 4 nitrogen and oxygen atoms in total. The van der Waals surface area contributed by atoms with Crippen molar-refractivity contribution < 1.29 is 10.0 Å². The maximum absolute atomic E-state index is 11.1. The molecule has 0 atom stereocenters. The van der Waals surface area contributed by atoms with Gasteiger partial charge in [-0.3, -0.25) is 10.0 Å². The topological polar surface area (TPSA) is 52.6 Å². The number of piperidine rings is 2. The van der Waals surface area contributed by atoms with E-state index in [1.165, 1.54) is 0 Å². The number of nitrogens with one attached hydrogen (secondary N) is 1. The first kappa shape index (κ1) is 8.97. The number of rotatable bonds is 0. The first-order valence-electron chi connectivity index (χ1n) is 4.92. The van der Waals surface area contributed by atoms with E-state index in [1.54, 1.807) is 0 Å². The van der Waals surface area contributed by atoms with E-state index in [-0.39, 0.29) is 11.3 Å². The molecule has 2 saturated heterocycles. The van der Waals surface area contributed by atoms with Gasteiger partial charge >= 0.3 is 0 Å². The smallest absolute Gasteiger partial charge is 0.245 e. The third-order valence-electron chi connectivity index (χ3n) is 3.31. The monoisotopic (exact) mass is 184 g/mol. The zero-order chi connectivity index (χ0) is 9.31. The van der Waals surface area contributed by atoms with Crippen LogP contribution in [0.2, 0.25) is 0 Å². The molecule has 4 heteroatoms. The fourth-order valence-corrected chi connectivity index (χ4v) is 2.35. The molecule has 0 aromatic rings. The van der Waals surface area contributed by atoms with Crippen LogP contribution in [0.3, 0.4) is 0 Å². The molecule has 0 aromatic carbocycles. The molecule has 0 bridgehead atoms. The first-order valence-corrected chi connectivity index (χ1v) is 4.92. The summed E-state index contributed by atoms with van der Waals surface area (Å²) >= 11 is 0. The average molecular weight is 184 g/mol. The van der Waals surface area contributed by atoms with Gasteiger partial charge in [0.2, 0.25) is 5.91 Å². The predicted molar refractivity (Wildman–Crippen MR) is 47.3 cm³/mol. The quantitative estimate of drug-likeness (QED) is 0.535. The van der Waals surface area contributed by atoms with Crippen LogP contribution in [0.1, 0.15) is 25.7 Å². The Morgan fingerprint density at radius 1 is 1.31 bits per heavy atom. The minimum atomic E-state index is -0.121. The van der Waals surface area contributed by atoms with Gasteiger partial charge in [0.05, 0.1) is 6.54 Å². The van der Waals surface area contributed by atoms with E-state index >= 15 is 0 Å². The van der Waals surface area contributed by atoms with Crippen molar-refractivity contribution in [1.29, 1.82) is 0 Å². The zero-order valence-electron chi connectivity index (χ0n) is 7.75.